The molecule has 9 nitrogen and oxygen atoms in total. The van der Waals surface area contributed by atoms with Crippen molar-refractivity contribution in [3.8, 4) is 11.6 Å². The zero-order chi connectivity index (χ0) is 20.1. The van der Waals surface area contributed by atoms with Crippen molar-refractivity contribution >= 4 is 18.0 Å². The summed E-state index contributed by atoms with van der Waals surface area (Å²) in [7, 11) is 1.35. The van der Waals surface area contributed by atoms with Crippen LogP contribution in [-0.4, -0.2) is 49.9 Å². The van der Waals surface area contributed by atoms with E-state index in [1.807, 2.05) is 13.8 Å². The first-order valence-electron chi connectivity index (χ1n) is 8.84. The Balaban J connectivity index is 2.57. The van der Waals surface area contributed by atoms with Crippen molar-refractivity contribution in [3.63, 3.8) is 0 Å². The summed E-state index contributed by atoms with van der Waals surface area (Å²) < 4.78 is 20.1. The van der Waals surface area contributed by atoms with Crippen LogP contribution >= 0.6 is 0 Å². The smallest absolute Gasteiger partial charge is 0.414 e. The van der Waals surface area contributed by atoms with Crippen LogP contribution in [0.1, 0.15) is 49.9 Å². The van der Waals surface area contributed by atoms with Crippen molar-refractivity contribution in [1.29, 1.82) is 0 Å². The van der Waals surface area contributed by atoms with E-state index in [2.05, 4.69) is 10.3 Å². The Bertz CT molecular complexity index is 634. The number of hydrogen-bond acceptors (Lipinski definition) is 8. The summed E-state index contributed by atoms with van der Waals surface area (Å²) >= 11 is 0. The lowest BCUT2D eigenvalue weighted by Gasteiger charge is -2.10. The number of aromatic nitrogens is 1. The molecule has 1 heterocycles. The quantitative estimate of drug-likeness (QED) is 0.459. The van der Waals surface area contributed by atoms with Crippen molar-refractivity contribution in [2.24, 2.45) is 0 Å². The van der Waals surface area contributed by atoms with E-state index in [-0.39, 0.29) is 23.7 Å². The Kier molecular flexibility index (Phi) is 10.3. The van der Waals surface area contributed by atoms with Crippen LogP contribution in [-0.2, 0) is 14.3 Å². The SMILES string of the molecule is CCCCOC(=O)CNC(=O)Oc1ncc(C(=O)OCCCC)cc1OC. The number of methoxy groups -OCH3 is 1. The molecule has 0 fully saturated rings. The minimum absolute atomic E-state index is 0.0839. The Morgan fingerprint density at radius 1 is 1.07 bits per heavy atom. The molecule has 0 atom stereocenters. The molecule has 0 unspecified atom stereocenters. The van der Waals surface area contributed by atoms with Gasteiger partial charge in [-0.2, -0.15) is 0 Å². The minimum Gasteiger partial charge on any atom is -0.491 e. The molecular formula is C18H26N2O7. The van der Waals surface area contributed by atoms with Gasteiger partial charge in [0.05, 0.1) is 25.9 Å². The molecular weight excluding hydrogens is 356 g/mol. The van der Waals surface area contributed by atoms with Gasteiger partial charge < -0.3 is 24.3 Å². The highest BCUT2D eigenvalue weighted by Crippen LogP contribution is 2.25. The number of hydrogen-bond donors (Lipinski definition) is 1. The lowest BCUT2D eigenvalue weighted by molar-refractivity contribution is -0.142. The summed E-state index contributed by atoms with van der Waals surface area (Å²) in [5.74, 6) is -1.16. The van der Waals surface area contributed by atoms with Crippen LogP contribution in [0, 0.1) is 0 Å². The van der Waals surface area contributed by atoms with Gasteiger partial charge in [0.25, 0.3) is 5.88 Å². The average Bonchev–Trinajstić information content (AvgIpc) is 2.67. The van der Waals surface area contributed by atoms with E-state index in [9.17, 15) is 14.4 Å². The van der Waals surface area contributed by atoms with Crippen LogP contribution < -0.4 is 14.8 Å². The van der Waals surface area contributed by atoms with Crippen LogP contribution in [0.5, 0.6) is 11.6 Å². The van der Waals surface area contributed by atoms with Crippen molar-refractivity contribution in [2.45, 2.75) is 39.5 Å². The van der Waals surface area contributed by atoms with E-state index in [0.29, 0.717) is 13.2 Å². The lowest BCUT2D eigenvalue weighted by atomic mass is 10.2. The molecule has 0 aliphatic rings. The number of nitrogens with zero attached hydrogens (tertiary/aromatic N) is 1. The summed E-state index contributed by atoms with van der Waals surface area (Å²) in [5.41, 5.74) is 0.176. The van der Waals surface area contributed by atoms with Gasteiger partial charge in [-0.1, -0.05) is 26.7 Å². The van der Waals surface area contributed by atoms with Gasteiger partial charge in [-0.05, 0) is 12.8 Å². The zero-order valence-electron chi connectivity index (χ0n) is 15.9. The van der Waals surface area contributed by atoms with Gasteiger partial charge in [0.2, 0.25) is 0 Å². The van der Waals surface area contributed by atoms with Crippen LogP contribution in [0.3, 0.4) is 0 Å². The van der Waals surface area contributed by atoms with Gasteiger partial charge >= 0.3 is 18.0 Å². The summed E-state index contributed by atoms with van der Waals surface area (Å²) in [5, 5.41) is 2.26. The first-order chi connectivity index (χ1) is 13.0. The van der Waals surface area contributed by atoms with Crippen LogP contribution in [0.4, 0.5) is 4.79 Å². The topological polar surface area (TPSA) is 113 Å². The van der Waals surface area contributed by atoms with Gasteiger partial charge in [-0.25, -0.2) is 14.6 Å². The van der Waals surface area contributed by atoms with E-state index in [4.69, 9.17) is 18.9 Å². The largest absolute Gasteiger partial charge is 0.491 e. The monoisotopic (exact) mass is 382 g/mol. The zero-order valence-corrected chi connectivity index (χ0v) is 15.9. The molecule has 1 aromatic heterocycles. The van der Waals surface area contributed by atoms with Crippen molar-refractivity contribution in [1.82, 2.24) is 10.3 Å². The molecule has 0 spiro atoms. The predicted molar refractivity (Wildman–Crippen MR) is 95.9 cm³/mol. The second-order valence-electron chi connectivity index (χ2n) is 5.54. The first kappa shape index (κ1) is 22.2. The summed E-state index contributed by atoms with van der Waals surface area (Å²) in [4.78, 5) is 39.0. The molecule has 0 saturated carbocycles. The Morgan fingerprint density at radius 3 is 2.37 bits per heavy atom. The summed E-state index contributed by atoms with van der Waals surface area (Å²) in [6.45, 7) is 4.25. The van der Waals surface area contributed by atoms with E-state index < -0.39 is 18.0 Å². The van der Waals surface area contributed by atoms with Crippen LogP contribution in [0.15, 0.2) is 12.3 Å². The molecule has 9 heteroatoms. The third-order valence-corrected chi connectivity index (χ3v) is 3.33. The highest BCUT2D eigenvalue weighted by atomic mass is 16.6. The maximum atomic E-state index is 11.9. The molecule has 150 valence electrons. The van der Waals surface area contributed by atoms with E-state index in [0.717, 1.165) is 25.7 Å². The highest BCUT2D eigenvalue weighted by molar-refractivity contribution is 5.89. The normalized spacial score (nSPS) is 10.0. The maximum absolute atomic E-state index is 11.9. The van der Waals surface area contributed by atoms with Gasteiger partial charge in [0, 0.05) is 12.3 Å². The second-order valence-corrected chi connectivity index (χ2v) is 5.54. The molecule has 0 radical (unpaired) electrons. The van der Waals surface area contributed by atoms with Crippen molar-refractivity contribution < 1.29 is 33.3 Å². The lowest BCUT2D eigenvalue weighted by Crippen LogP contribution is -2.33. The third kappa shape index (κ3) is 8.39. The van der Waals surface area contributed by atoms with Gasteiger partial charge in [-0.3, -0.25) is 4.79 Å². The first-order valence-corrected chi connectivity index (χ1v) is 8.84. The molecule has 1 N–H and O–H groups in total. The molecule has 0 aliphatic carbocycles. The molecule has 1 aromatic rings. The molecule has 1 amide bonds. The fraction of sp³-hybridized carbons (Fsp3) is 0.556. The molecule has 27 heavy (non-hydrogen) atoms. The predicted octanol–water partition coefficient (Wildman–Crippen LogP) is 2.48. The van der Waals surface area contributed by atoms with Gasteiger partial charge in [-0.15, -0.1) is 0 Å². The molecule has 0 aliphatic heterocycles. The number of amides is 1. The number of carbonyl (C=O) groups excluding carboxylic acids is 3. The number of rotatable bonds is 11. The molecule has 1 rings (SSSR count). The third-order valence-electron chi connectivity index (χ3n) is 3.33. The fourth-order valence-electron chi connectivity index (χ4n) is 1.81. The second kappa shape index (κ2) is 12.5. The molecule has 0 bridgehead atoms. The number of ether oxygens (including phenoxy) is 4. The van der Waals surface area contributed by atoms with E-state index in [1.165, 1.54) is 19.4 Å². The van der Waals surface area contributed by atoms with Gasteiger partial charge in [0.1, 0.15) is 6.54 Å². The summed E-state index contributed by atoms with van der Waals surface area (Å²) in [6, 6.07) is 1.36. The number of carbonyl (C=O) groups is 3. The molecule has 0 saturated heterocycles. The number of unbranched alkanes of at least 4 members (excludes halogenated alkanes) is 2. The average molecular weight is 382 g/mol. The Labute approximate surface area is 158 Å². The van der Waals surface area contributed by atoms with Crippen LogP contribution in [0.25, 0.3) is 0 Å². The number of esters is 2. The Hall–Kier alpha value is -2.84. The molecule has 0 aromatic carbocycles. The van der Waals surface area contributed by atoms with Crippen molar-refractivity contribution in [3.05, 3.63) is 17.8 Å². The van der Waals surface area contributed by atoms with Gasteiger partial charge in [0.15, 0.2) is 5.75 Å². The fourth-order valence-corrected chi connectivity index (χ4v) is 1.81. The van der Waals surface area contributed by atoms with Crippen molar-refractivity contribution in [2.75, 3.05) is 26.9 Å². The standard InChI is InChI=1S/C18H26N2O7/c1-4-6-8-25-15(21)12-20-18(23)27-16-14(24-3)10-13(11-19-16)17(22)26-9-7-5-2/h10-11H,4-9,12H2,1-3H3,(H,20,23). The maximum Gasteiger partial charge on any atom is 0.414 e. The Morgan fingerprint density at radius 2 is 1.74 bits per heavy atom. The van der Waals surface area contributed by atoms with E-state index >= 15 is 0 Å². The van der Waals surface area contributed by atoms with Crippen LogP contribution in [0.2, 0.25) is 0 Å². The van der Waals surface area contributed by atoms with E-state index in [1.54, 1.807) is 0 Å². The number of nitrogens with one attached hydrogen (secondary N) is 1. The number of pyridine rings is 1. The highest BCUT2D eigenvalue weighted by Gasteiger charge is 2.17. The minimum atomic E-state index is -0.897. The summed E-state index contributed by atoms with van der Waals surface area (Å²) in [6.07, 6.45) is 3.65.